The van der Waals surface area contributed by atoms with Crippen molar-refractivity contribution < 1.29 is 13.2 Å². The lowest BCUT2D eigenvalue weighted by atomic mass is 9.98. The van der Waals surface area contributed by atoms with Crippen LogP contribution in [0, 0.1) is 12.8 Å². The van der Waals surface area contributed by atoms with E-state index in [1.807, 2.05) is 13.8 Å². The predicted octanol–water partition coefficient (Wildman–Crippen LogP) is 2.01. The molecule has 6 heteroatoms. The molecule has 0 spiro atoms. The molecule has 0 unspecified atom stereocenters. The first-order valence-electron chi connectivity index (χ1n) is 7.84. The Hall–Kier alpha value is -1.11. The van der Waals surface area contributed by atoms with Crippen LogP contribution in [0.25, 0.3) is 0 Å². The summed E-state index contributed by atoms with van der Waals surface area (Å²) in [6.45, 7) is 6.93. The monoisotopic (exact) mass is 326 g/mol. The quantitative estimate of drug-likeness (QED) is 0.869. The zero-order valence-electron chi connectivity index (χ0n) is 13.6. The first kappa shape index (κ1) is 17.2. The number of nitrogens with zero attached hydrogens (tertiary/aromatic N) is 1. The molecule has 0 saturated carbocycles. The molecule has 1 heterocycles. The molecule has 2 rings (SSSR count). The third-order valence-corrected chi connectivity index (χ3v) is 5.58. The van der Waals surface area contributed by atoms with Crippen LogP contribution in [-0.2, 0) is 10.0 Å². The number of ether oxygens (including phenoxy) is 1. The van der Waals surface area contributed by atoms with Crippen molar-refractivity contribution in [1.29, 1.82) is 0 Å². The Balaban J connectivity index is 1.99. The van der Waals surface area contributed by atoms with Gasteiger partial charge in [0.15, 0.2) is 0 Å². The number of benzene rings is 1. The zero-order valence-corrected chi connectivity index (χ0v) is 14.4. The summed E-state index contributed by atoms with van der Waals surface area (Å²) in [5, 5.41) is 0. The van der Waals surface area contributed by atoms with Crippen molar-refractivity contribution in [1.82, 2.24) is 9.62 Å². The molecule has 0 aromatic heterocycles. The summed E-state index contributed by atoms with van der Waals surface area (Å²) in [5.41, 5.74) is 0.837. The lowest BCUT2D eigenvalue weighted by Gasteiger charge is -2.28. The SMILES string of the molecule is CCOc1ccc(S(=O)(=O)NCC2CCN(C)CC2)cc1C. The minimum absolute atomic E-state index is 0.307. The number of aryl methyl sites for hydroxylation is 1. The second-order valence-corrected chi connectivity index (χ2v) is 7.73. The van der Waals surface area contributed by atoms with Crippen LogP contribution in [0.5, 0.6) is 5.75 Å². The van der Waals surface area contributed by atoms with Gasteiger partial charge in [-0.05, 0) is 76.5 Å². The molecule has 1 fully saturated rings. The highest BCUT2D eigenvalue weighted by molar-refractivity contribution is 7.89. The third kappa shape index (κ3) is 4.44. The van der Waals surface area contributed by atoms with Crippen molar-refractivity contribution in [3.05, 3.63) is 23.8 Å². The molecule has 0 atom stereocenters. The molecule has 1 N–H and O–H groups in total. The van der Waals surface area contributed by atoms with E-state index in [0.717, 1.165) is 37.2 Å². The second kappa shape index (κ2) is 7.44. The van der Waals surface area contributed by atoms with Gasteiger partial charge in [0, 0.05) is 6.54 Å². The van der Waals surface area contributed by atoms with Gasteiger partial charge < -0.3 is 9.64 Å². The number of likely N-dealkylation sites (tertiary alicyclic amines) is 1. The molecule has 1 aliphatic rings. The van der Waals surface area contributed by atoms with Crippen LogP contribution in [0.3, 0.4) is 0 Å². The Labute approximate surface area is 133 Å². The van der Waals surface area contributed by atoms with E-state index < -0.39 is 10.0 Å². The summed E-state index contributed by atoms with van der Waals surface area (Å²) in [6, 6.07) is 5.00. The third-order valence-electron chi connectivity index (χ3n) is 4.16. The maximum Gasteiger partial charge on any atom is 0.240 e. The summed E-state index contributed by atoms with van der Waals surface area (Å²) < 4.78 is 33.0. The minimum Gasteiger partial charge on any atom is -0.494 e. The zero-order chi connectivity index (χ0) is 16.2. The second-order valence-electron chi connectivity index (χ2n) is 5.96. The molecule has 0 radical (unpaired) electrons. The van der Waals surface area contributed by atoms with E-state index in [9.17, 15) is 8.42 Å². The van der Waals surface area contributed by atoms with Crippen LogP contribution in [0.1, 0.15) is 25.3 Å². The number of sulfonamides is 1. The van der Waals surface area contributed by atoms with Gasteiger partial charge in [0.2, 0.25) is 10.0 Å². The van der Waals surface area contributed by atoms with Gasteiger partial charge in [-0.15, -0.1) is 0 Å². The van der Waals surface area contributed by atoms with Crippen molar-refractivity contribution in [2.24, 2.45) is 5.92 Å². The number of piperidine rings is 1. The first-order valence-corrected chi connectivity index (χ1v) is 9.32. The van der Waals surface area contributed by atoms with Crippen LogP contribution in [0.2, 0.25) is 0 Å². The van der Waals surface area contributed by atoms with E-state index in [1.165, 1.54) is 0 Å². The summed E-state index contributed by atoms with van der Waals surface area (Å²) in [6.07, 6.45) is 2.09. The summed E-state index contributed by atoms with van der Waals surface area (Å²) >= 11 is 0. The van der Waals surface area contributed by atoms with Crippen molar-refractivity contribution >= 4 is 10.0 Å². The fourth-order valence-corrected chi connectivity index (χ4v) is 3.88. The molecule has 0 bridgehead atoms. The molecular weight excluding hydrogens is 300 g/mol. The standard InChI is InChI=1S/C16H26N2O3S/c1-4-21-16-6-5-15(11-13(16)2)22(19,20)17-12-14-7-9-18(3)10-8-14/h5-6,11,14,17H,4,7-10,12H2,1-3H3. The molecule has 124 valence electrons. The lowest BCUT2D eigenvalue weighted by Crippen LogP contribution is -2.36. The molecular formula is C16H26N2O3S. The maximum atomic E-state index is 12.4. The van der Waals surface area contributed by atoms with Gasteiger partial charge in [-0.1, -0.05) is 0 Å². The largest absolute Gasteiger partial charge is 0.494 e. The van der Waals surface area contributed by atoms with Crippen molar-refractivity contribution in [3.63, 3.8) is 0 Å². The number of hydrogen-bond acceptors (Lipinski definition) is 4. The highest BCUT2D eigenvalue weighted by Gasteiger charge is 2.20. The van der Waals surface area contributed by atoms with E-state index in [-0.39, 0.29) is 0 Å². The highest BCUT2D eigenvalue weighted by Crippen LogP contribution is 2.22. The van der Waals surface area contributed by atoms with E-state index in [4.69, 9.17) is 4.74 Å². The molecule has 1 saturated heterocycles. The van der Waals surface area contributed by atoms with E-state index in [0.29, 0.717) is 24.0 Å². The average molecular weight is 326 g/mol. The average Bonchev–Trinajstić information content (AvgIpc) is 2.49. The number of nitrogens with one attached hydrogen (secondary N) is 1. The Morgan fingerprint density at radius 2 is 2.00 bits per heavy atom. The fourth-order valence-electron chi connectivity index (χ4n) is 2.68. The summed E-state index contributed by atoms with van der Waals surface area (Å²) in [7, 11) is -1.35. The Kier molecular flexibility index (Phi) is 5.83. The molecule has 0 aliphatic carbocycles. The number of rotatable bonds is 6. The van der Waals surface area contributed by atoms with Gasteiger partial charge in [-0.25, -0.2) is 13.1 Å². The van der Waals surface area contributed by atoms with Gasteiger partial charge in [-0.2, -0.15) is 0 Å². The van der Waals surface area contributed by atoms with E-state index in [1.54, 1.807) is 18.2 Å². The highest BCUT2D eigenvalue weighted by atomic mass is 32.2. The minimum atomic E-state index is -3.45. The van der Waals surface area contributed by atoms with Crippen LogP contribution in [0.15, 0.2) is 23.1 Å². The lowest BCUT2D eigenvalue weighted by molar-refractivity contribution is 0.220. The van der Waals surface area contributed by atoms with Gasteiger partial charge >= 0.3 is 0 Å². The van der Waals surface area contributed by atoms with Crippen LogP contribution in [-0.4, -0.2) is 46.6 Å². The Morgan fingerprint density at radius 1 is 1.32 bits per heavy atom. The predicted molar refractivity (Wildman–Crippen MR) is 87.8 cm³/mol. The van der Waals surface area contributed by atoms with E-state index in [2.05, 4.69) is 16.7 Å². The first-order chi connectivity index (χ1) is 10.4. The van der Waals surface area contributed by atoms with Crippen LogP contribution in [0.4, 0.5) is 0 Å². The van der Waals surface area contributed by atoms with Gasteiger partial charge in [0.1, 0.15) is 5.75 Å². The van der Waals surface area contributed by atoms with Gasteiger partial charge in [-0.3, -0.25) is 0 Å². The summed E-state index contributed by atoms with van der Waals surface area (Å²) in [4.78, 5) is 2.59. The van der Waals surface area contributed by atoms with Gasteiger partial charge in [0.25, 0.3) is 0 Å². The smallest absolute Gasteiger partial charge is 0.240 e. The summed E-state index contributed by atoms with van der Waals surface area (Å²) in [5.74, 6) is 1.16. The van der Waals surface area contributed by atoms with Gasteiger partial charge in [0.05, 0.1) is 11.5 Å². The van der Waals surface area contributed by atoms with Crippen LogP contribution < -0.4 is 9.46 Å². The van der Waals surface area contributed by atoms with Crippen molar-refractivity contribution in [3.8, 4) is 5.75 Å². The van der Waals surface area contributed by atoms with Crippen molar-refractivity contribution in [2.75, 3.05) is 33.3 Å². The topological polar surface area (TPSA) is 58.6 Å². The fraction of sp³-hybridized carbons (Fsp3) is 0.625. The normalized spacial score (nSPS) is 17.6. The molecule has 5 nitrogen and oxygen atoms in total. The Bertz CT molecular complexity index is 593. The van der Waals surface area contributed by atoms with Crippen LogP contribution >= 0.6 is 0 Å². The van der Waals surface area contributed by atoms with Crippen molar-refractivity contribution in [2.45, 2.75) is 31.6 Å². The number of hydrogen-bond donors (Lipinski definition) is 1. The molecule has 1 aliphatic heterocycles. The molecule has 0 amide bonds. The molecule has 1 aromatic rings. The molecule has 22 heavy (non-hydrogen) atoms. The maximum absolute atomic E-state index is 12.4. The van der Waals surface area contributed by atoms with E-state index >= 15 is 0 Å². The Morgan fingerprint density at radius 3 is 2.59 bits per heavy atom. The molecule has 1 aromatic carbocycles.